The van der Waals surface area contributed by atoms with Gasteiger partial charge in [-0.3, -0.25) is 14.5 Å². The minimum atomic E-state index is -0.901. The van der Waals surface area contributed by atoms with Gasteiger partial charge in [-0.05, 0) is 25.3 Å². The van der Waals surface area contributed by atoms with Crippen molar-refractivity contribution < 1.29 is 33.4 Å². The number of nitrogens with zero attached hydrogens (tertiary/aromatic N) is 2. The number of esters is 1. The maximum Gasteiger partial charge on any atom is 0.408 e. The third kappa shape index (κ3) is 4.00. The number of allylic oxidation sites excluding steroid dienone is 1. The van der Waals surface area contributed by atoms with Crippen LogP contribution >= 0.6 is 0 Å². The van der Waals surface area contributed by atoms with Gasteiger partial charge in [-0.25, -0.2) is 9.59 Å². The first-order chi connectivity index (χ1) is 15.5. The predicted molar refractivity (Wildman–Crippen MR) is 111 cm³/mol. The van der Waals surface area contributed by atoms with E-state index in [2.05, 4.69) is 18.5 Å². The summed E-state index contributed by atoms with van der Waals surface area (Å²) >= 11 is 0. The lowest BCUT2D eigenvalue weighted by molar-refractivity contribution is -0.160. The van der Waals surface area contributed by atoms with E-state index in [0.29, 0.717) is 24.6 Å². The number of carbonyl (C=O) groups excluding carboxylic acids is 4. The van der Waals surface area contributed by atoms with Gasteiger partial charge in [0.2, 0.25) is 5.91 Å². The molecule has 2 saturated heterocycles. The van der Waals surface area contributed by atoms with Gasteiger partial charge in [0.05, 0.1) is 0 Å². The molecule has 0 radical (unpaired) electrons. The van der Waals surface area contributed by atoms with Crippen LogP contribution in [0.5, 0.6) is 0 Å². The molecular weight excluding hydrogens is 418 g/mol. The van der Waals surface area contributed by atoms with Crippen LogP contribution in [-0.4, -0.2) is 78.2 Å². The van der Waals surface area contributed by atoms with E-state index in [-0.39, 0.29) is 37.2 Å². The second-order valence-electron chi connectivity index (χ2n) is 7.85. The molecule has 4 rings (SSSR count). The number of rotatable bonds is 8. The Morgan fingerprint density at radius 3 is 2.56 bits per heavy atom. The first-order valence-corrected chi connectivity index (χ1v) is 10.5. The molecule has 2 atom stereocenters. The molecule has 3 fully saturated rings. The summed E-state index contributed by atoms with van der Waals surface area (Å²) in [6.07, 6.45) is 6.11. The van der Waals surface area contributed by atoms with Crippen LogP contribution < -0.4 is 5.32 Å². The van der Waals surface area contributed by atoms with E-state index in [9.17, 15) is 19.2 Å². The second kappa shape index (κ2) is 8.89. The second-order valence-corrected chi connectivity index (χ2v) is 7.85. The van der Waals surface area contributed by atoms with Crippen molar-refractivity contribution >= 4 is 23.9 Å². The highest BCUT2D eigenvalue weighted by molar-refractivity contribution is 6.02. The van der Waals surface area contributed by atoms with Crippen LogP contribution in [0.4, 0.5) is 4.79 Å². The lowest BCUT2D eigenvalue weighted by Crippen LogP contribution is -2.73. The zero-order chi connectivity index (χ0) is 22.8. The van der Waals surface area contributed by atoms with Gasteiger partial charge in [-0.1, -0.05) is 25.3 Å². The molecule has 0 aromatic heterocycles. The zero-order valence-electron chi connectivity index (χ0n) is 17.6. The summed E-state index contributed by atoms with van der Waals surface area (Å²) in [5.41, 5.74) is 0.436. The van der Waals surface area contributed by atoms with Crippen molar-refractivity contribution in [1.29, 1.82) is 0 Å². The fraction of sp³-hybridized carbons (Fsp3) is 0.455. The minimum Gasteiger partial charge on any atom is -0.489 e. The van der Waals surface area contributed by atoms with Crippen LogP contribution in [0.15, 0.2) is 48.4 Å². The molecule has 1 aliphatic carbocycles. The van der Waals surface area contributed by atoms with E-state index in [1.165, 1.54) is 23.1 Å². The summed E-state index contributed by atoms with van der Waals surface area (Å²) < 4.78 is 15.8. The zero-order valence-corrected chi connectivity index (χ0v) is 17.6. The fourth-order valence-corrected chi connectivity index (χ4v) is 3.99. The topological polar surface area (TPSA) is 114 Å². The van der Waals surface area contributed by atoms with E-state index in [4.69, 9.17) is 14.2 Å². The number of β-lactam (4-membered cyclic amide) rings is 1. The van der Waals surface area contributed by atoms with Crippen molar-refractivity contribution in [2.45, 2.75) is 37.4 Å². The van der Waals surface area contributed by atoms with E-state index in [1.54, 1.807) is 0 Å². The molecule has 32 heavy (non-hydrogen) atoms. The van der Waals surface area contributed by atoms with E-state index in [0.717, 1.165) is 12.8 Å². The molecule has 3 amide bonds. The number of likely N-dealkylation sites (tertiary alicyclic amines) is 1. The molecule has 1 N–H and O–H groups in total. The lowest BCUT2D eigenvalue weighted by Gasteiger charge is -2.49. The molecule has 10 nitrogen and oxygen atoms in total. The summed E-state index contributed by atoms with van der Waals surface area (Å²) in [7, 11) is 0. The van der Waals surface area contributed by atoms with Gasteiger partial charge >= 0.3 is 12.1 Å². The average molecular weight is 443 g/mol. The van der Waals surface area contributed by atoms with Crippen LogP contribution in [0, 0.1) is 0 Å². The third-order valence-electron chi connectivity index (χ3n) is 5.69. The van der Waals surface area contributed by atoms with Gasteiger partial charge in [0.1, 0.15) is 31.9 Å². The number of hydrogen-bond donors (Lipinski definition) is 1. The molecule has 0 aromatic rings. The van der Waals surface area contributed by atoms with E-state index < -0.39 is 30.1 Å². The fourth-order valence-electron chi connectivity index (χ4n) is 3.99. The van der Waals surface area contributed by atoms with Gasteiger partial charge in [-0.15, -0.1) is 0 Å². The van der Waals surface area contributed by atoms with Gasteiger partial charge in [-0.2, -0.15) is 0 Å². The number of carbonyl (C=O) groups is 4. The number of alkyl carbamates (subject to hydrolysis) is 1. The Morgan fingerprint density at radius 2 is 1.88 bits per heavy atom. The van der Waals surface area contributed by atoms with E-state index >= 15 is 0 Å². The molecule has 170 valence electrons. The highest BCUT2D eigenvalue weighted by atomic mass is 16.6. The average Bonchev–Trinajstić information content (AvgIpc) is 3.57. The maximum atomic E-state index is 12.8. The smallest absolute Gasteiger partial charge is 0.408 e. The van der Waals surface area contributed by atoms with Crippen LogP contribution in [0.1, 0.15) is 19.3 Å². The quantitative estimate of drug-likeness (QED) is 0.255. The van der Waals surface area contributed by atoms with Crippen molar-refractivity contribution in [2.24, 2.45) is 0 Å². The van der Waals surface area contributed by atoms with Gasteiger partial charge in [0.15, 0.2) is 11.5 Å². The maximum absolute atomic E-state index is 12.8. The first kappa shape index (κ1) is 21.7. The van der Waals surface area contributed by atoms with Crippen molar-refractivity contribution in [3.05, 3.63) is 48.4 Å². The molecule has 0 aromatic carbocycles. The Hall–Kier alpha value is -3.56. The molecule has 0 spiro atoms. The molecule has 0 bridgehead atoms. The number of amides is 3. The summed E-state index contributed by atoms with van der Waals surface area (Å²) in [5, 5.41) is 2.48. The summed E-state index contributed by atoms with van der Waals surface area (Å²) in [6.45, 7) is 7.59. The summed E-state index contributed by atoms with van der Waals surface area (Å²) in [4.78, 5) is 53.2. The largest absolute Gasteiger partial charge is 0.489 e. The Labute approximate surface area is 185 Å². The Bertz CT molecular complexity index is 934. The summed E-state index contributed by atoms with van der Waals surface area (Å²) in [5.74, 6) is -1.24. The normalized spacial score (nSPS) is 25.7. The highest BCUT2D eigenvalue weighted by Crippen LogP contribution is 2.36. The van der Waals surface area contributed by atoms with Crippen molar-refractivity contribution in [3.8, 4) is 0 Å². The van der Waals surface area contributed by atoms with E-state index in [1.807, 2.05) is 4.90 Å². The molecular formula is C22H25N3O7. The Morgan fingerprint density at radius 1 is 1.16 bits per heavy atom. The van der Waals surface area contributed by atoms with Crippen LogP contribution in [0.2, 0.25) is 0 Å². The van der Waals surface area contributed by atoms with Gasteiger partial charge in [0, 0.05) is 18.2 Å². The van der Waals surface area contributed by atoms with Crippen molar-refractivity contribution in [1.82, 2.24) is 15.1 Å². The number of ether oxygens (including phenoxy) is 3. The number of hydrogen-bond acceptors (Lipinski definition) is 7. The summed E-state index contributed by atoms with van der Waals surface area (Å²) in [6, 6.07) is -1.21. The molecule has 3 heterocycles. The number of fused-ring (bicyclic) bond motifs is 1. The lowest BCUT2D eigenvalue weighted by atomic mass is 9.92. The molecule has 10 heteroatoms. The third-order valence-corrected chi connectivity index (χ3v) is 5.69. The van der Waals surface area contributed by atoms with Crippen LogP contribution in [0.3, 0.4) is 0 Å². The van der Waals surface area contributed by atoms with Gasteiger partial charge < -0.3 is 24.4 Å². The van der Waals surface area contributed by atoms with Crippen molar-refractivity contribution in [3.63, 3.8) is 0 Å². The minimum absolute atomic E-state index is 0.000278. The molecule has 0 unspecified atom stereocenters. The van der Waals surface area contributed by atoms with Crippen LogP contribution in [0.25, 0.3) is 0 Å². The number of nitrogens with one attached hydrogen (secondary N) is 1. The molecule has 4 aliphatic rings. The predicted octanol–water partition coefficient (Wildman–Crippen LogP) is 0.770. The molecule has 3 aliphatic heterocycles. The van der Waals surface area contributed by atoms with Crippen molar-refractivity contribution in [2.75, 3.05) is 26.4 Å². The SMILES string of the molecule is C=CCOC(=O)N[C@@H]1C(=O)N2C(C(=O)OCC=C)=C(/C=C3\CCN(C4CC4)C3=O)OC[C@H]12. The standard InChI is InChI=1S/C22H25N3O7/c1-3-9-30-21(28)18-16(11-13-7-8-24(19(13)26)14-5-6-14)32-12-15-17(20(27)25(15)18)23-22(29)31-10-4-2/h3-4,11,14-15,17H,1-2,5-10,12H2,(H,23,29)/b13-11+/t15-,17+/m1/s1. The Balaban J connectivity index is 1.57. The van der Waals surface area contributed by atoms with Crippen LogP contribution in [-0.2, 0) is 28.6 Å². The molecule has 1 saturated carbocycles. The monoisotopic (exact) mass is 443 g/mol. The highest BCUT2D eigenvalue weighted by Gasteiger charge is 2.55. The van der Waals surface area contributed by atoms with Gasteiger partial charge in [0.25, 0.3) is 5.91 Å². The first-order valence-electron chi connectivity index (χ1n) is 10.5. The Kier molecular flexibility index (Phi) is 6.02.